The van der Waals surface area contributed by atoms with Crippen LogP contribution in [0.4, 0.5) is 17.6 Å². The van der Waals surface area contributed by atoms with Gasteiger partial charge in [0.05, 0.1) is 0 Å². The third-order valence-electron chi connectivity index (χ3n) is 7.38. The monoisotopic (exact) mass is 434 g/mol. The van der Waals surface area contributed by atoms with Crippen molar-refractivity contribution in [3.8, 4) is 16.9 Å². The number of rotatable bonds is 6. The molecule has 5 heteroatoms. The Morgan fingerprint density at radius 1 is 0.839 bits per heavy atom. The highest BCUT2D eigenvalue weighted by atomic mass is 19.3. The van der Waals surface area contributed by atoms with Crippen LogP contribution in [0.25, 0.3) is 11.1 Å². The third-order valence-corrected chi connectivity index (χ3v) is 7.38. The molecule has 0 radical (unpaired) electrons. The van der Waals surface area contributed by atoms with Crippen molar-refractivity contribution < 1.29 is 22.3 Å². The first-order chi connectivity index (χ1) is 14.9. The van der Waals surface area contributed by atoms with Crippen LogP contribution in [0.15, 0.2) is 48.5 Å². The Hall–Kier alpha value is -2.04. The average molecular weight is 435 g/mol. The van der Waals surface area contributed by atoms with Crippen LogP contribution in [0.2, 0.25) is 0 Å². The lowest BCUT2D eigenvalue weighted by molar-refractivity contribution is -0.253. The fourth-order valence-corrected chi connectivity index (χ4v) is 5.52. The molecule has 2 aliphatic rings. The lowest BCUT2D eigenvalue weighted by Crippen LogP contribution is -2.33. The number of halogens is 4. The van der Waals surface area contributed by atoms with E-state index in [1.54, 1.807) is 12.1 Å². The van der Waals surface area contributed by atoms with Gasteiger partial charge in [0.2, 0.25) is 0 Å². The van der Waals surface area contributed by atoms with Crippen molar-refractivity contribution in [3.05, 3.63) is 54.1 Å². The number of ether oxygens (including phenoxy) is 1. The van der Waals surface area contributed by atoms with E-state index in [1.165, 1.54) is 62.6 Å². The maximum Gasteiger partial charge on any atom is 0.461 e. The Labute approximate surface area is 181 Å². The molecule has 168 valence electrons. The average Bonchev–Trinajstić information content (AvgIpc) is 2.78. The molecule has 2 aliphatic carbocycles. The second kappa shape index (κ2) is 9.22. The predicted octanol–water partition coefficient (Wildman–Crippen LogP) is 8.30. The molecule has 0 amide bonds. The van der Waals surface area contributed by atoms with Crippen molar-refractivity contribution in [1.82, 2.24) is 0 Å². The van der Waals surface area contributed by atoms with Crippen molar-refractivity contribution in [2.75, 3.05) is 0 Å². The minimum Gasteiger partial charge on any atom is -0.428 e. The summed E-state index contributed by atoms with van der Waals surface area (Å²) in [4.78, 5) is 0. The van der Waals surface area contributed by atoms with Crippen molar-refractivity contribution in [2.45, 2.75) is 70.3 Å². The molecule has 0 bridgehead atoms. The summed E-state index contributed by atoms with van der Waals surface area (Å²) in [5.41, 5.74) is 3.17. The molecule has 4 atom stereocenters. The quantitative estimate of drug-likeness (QED) is 0.416. The molecule has 0 heterocycles. The van der Waals surface area contributed by atoms with E-state index in [9.17, 15) is 17.6 Å². The SMILES string of the molecule is CCC1CC[C@@H]2C[C@H](c3ccc(-c4ccc(OC(F)(F)C(F)F)cc4)cc3)CC[C@@H]2C1. The molecule has 1 nitrogen and oxygen atoms in total. The molecule has 31 heavy (non-hydrogen) atoms. The molecule has 0 N–H and O–H groups in total. The maximum atomic E-state index is 13.0. The van der Waals surface area contributed by atoms with E-state index < -0.39 is 12.5 Å². The van der Waals surface area contributed by atoms with Gasteiger partial charge in [0, 0.05) is 0 Å². The minimum atomic E-state index is -4.49. The van der Waals surface area contributed by atoms with Crippen LogP contribution in [-0.2, 0) is 0 Å². The molecule has 4 rings (SSSR count). The standard InChI is InChI=1S/C26H30F4O/c1-2-17-3-4-23-16-22(10-9-21(23)15-17)20-7-5-18(6-8-20)19-11-13-24(14-12-19)31-26(29,30)25(27)28/h5-8,11-14,17,21-23,25H,2-4,9-10,15-16H2,1H3/t17?,21-,22-,23-/m1/s1. The molecule has 0 spiro atoms. The zero-order chi connectivity index (χ0) is 22.0. The Morgan fingerprint density at radius 2 is 1.42 bits per heavy atom. The van der Waals surface area contributed by atoms with Gasteiger partial charge >= 0.3 is 12.5 Å². The van der Waals surface area contributed by atoms with Crippen LogP contribution in [0.5, 0.6) is 5.75 Å². The second-order valence-electron chi connectivity index (χ2n) is 9.23. The van der Waals surface area contributed by atoms with Gasteiger partial charge in [-0.1, -0.05) is 56.2 Å². The zero-order valence-electron chi connectivity index (χ0n) is 17.9. The lowest BCUT2D eigenvalue weighted by atomic mass is 9.63. The van der Waals surface area contributed by atoms with Gasteiger partial charge in [-0.05, 0) is 84.6 Å². The third kappa shape index (κ3) is 5.07. The summed E-state index contributed by atoms with van der Waals surface area (Å²) in [7, 11) is 0. The van der Waals surface area contributed by atoms with E-state index in [0.29, 0.717) is 5.92 Å². The largest absolute Gasteiger partial charge is 0.461 e. The number of benzene rings is 2. The molecule has 2 fully saturated rings. The summed E-state index contributed by atoms with van der Waals surface area (Å²) < 4.78 is 54.8. The van der Waals surface area contributed by atoms with Gasteiger partial charge in [-0.3, -0.25) is 0 Å². The molecular formula is C26H30F4O. The van der Waals surface area contributed by atoms with E-state index in [0.717, 1.165) is 28.9 Å². The minimum absolute atomic E-state index is 0.278. The first-order valence-electron chi connectivity index (χ1n) is 11.4. The molecule has 0 aliphatic heterocycles. The molecule has 2 saturated carbocycles. The normalized spacial score (nSPS) is 26.5. The van der Waals surface area contributed by atoms with Crippen molar-refractivity contribution in [2.24, 2.45) is 17.8 Å². The van der Waals surface area contributed by atoms with Crippen LogP contribution in [0, 0.1) is 17.8 Å². The maximum absolute atomic E-state index is 13.0. The van der Waals surface area contributed by atoms with Gasteiger partial charge in [0.15, 0.2) is 0 Å². The van der Waals surface area contributed by atoms with E-state index in [4.69, 9.17) is 0 Å². The molecule has 1 unspecified atom stereocenters. The van der Waals surface area contributed by atoms with E-state index >= 15 is 0 Å². The van der Waals surface area contributed by atoms with Gasteiger partial charge in [-0.15, -0.1) is 0 Å². The van der Waals surface area contributed by atoms with Gasteiger partial charge in [0.1, 0.15) is 5.75 Å². The summed E-state index contributed by atoms with van der Waals surface area (Å²) in [6, 6.07) is 14.3. The van der Waals surface area contributed by atoms with Crippen LogP contribution in [0.3, 0.4) is 0 Å². The summed E-state index contributed by atoms with van der Waals surface area (Å²) in [5.74, 6) is 3.03. The summed E-state index contributed by atoms with van der Waals surface area (Å²) in [6.45, 7) is 2.32. The van der Waals surface area contributed by atoms with Crippen LogP contribution >= 0.6 is 0 Å². The number of hydrogen-bond acceptors (Lipinski definition) is 1. The Kier molecular flexibility index (Phi) is 6.59. The molecule has 2 aromatic carbocycles. The van der Waals surface area contributed by atoms with Crippen LogP contribution < -0.4 is 4.74 Å². The van der Waals surface area contributed by atoms with Gasteiger partial charge in [-0.25, -0.2) is 0 Å². The van der Waals surface area contributed by atoms with Crippen molar-refractivity contribution in [3.63, 3.8) is 0 Å². The summed E-state index contributed by atoms with van der Waals surface area (Å²) >= 11 is 0. The summed E-state index contributed by atoms with van der Waals surface area (Å²) in [5, 5.41) is 0. The van der Waals surface area contributed by atoms with Crippen molar-refractivity contribution >= 4 is 0 Å². The highest BCUT2D eigenvalue weighted by molar-refractivity contribution is 5.64. The number of hydrogen-bond donors (Lipinski definition) is 0. The van der Waals surface area contributed by atoms with Gasteiger partial charge in [0.25, 0.3) is 0 Å². The fraction of sp³-hybridized carbons (Fsp3) is 0.538. The molecule has 2 aromatic rings. The van der Waals surface area contributed by atoms with Gasteiger partial charge in [-0.2, -0.15) is 17.6 Å². The Balaban J connectivity index is 1.38. The predicted molar refractivity (Wildman–Crippen MR) is 115 cm³/mol. The first-order valence-corrected chi connectivity index (χ1v) is 11.4. The topological polar surface area (TPSA) is 9.23 Å². The Bertz CT molecular complexity index is 847. The molecule has 0 saturated heterocycles. The Morgan fingerprint density at radius 3 is 2.03 bits per heavy atom. The van der Waals surface area contributed by atoms with E-state index in [-0.39, 0.29) is 5.75 Å². The number of alkyl halides is 4. The molecule has 0 aromatic heterocycles. The van der Waals surface area contributed by atoms with Gasteiger partial charge < -0.3 is 4.74 Å². The van der Waals surface area contributed by atoms with E-state index in [2.05, 4.69) is 35.9 Å². The zero-order valence-corrected chi connectivity index (χ0v) is 17.9. The summed E-state index contributed by atoms with van der Waals surface area (Å²) in [6.07, 6.45) is 0.994. The van der Waals surface area contributed by atoms with Crippen LogP contribution in [-0.4, -0.2) is 12.5 Å². The first kappa shape index (κ1) is 22.2. The highest BCUT2D eigenvalue weighted by Crippen LogP contribution is 2.48. The second-order valence-corrected chi connectivity index (χ2v) is 9.23. The smallest absolute Gasteiger partial charge is 0.428 e. The lowest BCUT2D eigenvalue weighted by Gasteiger charge is -2.42. The molecular weight excluding hydrogens is 404 g/mol. The fourth-order valence-electron chi connectivity index (χ4n) is 5.52. The highest BCUT2D eigenvalue weighted by Gasteiger charge is 2.44. The number of fused-ring (bicyclic) bond motifs is 1. The van der Waals surface area contributed by atoms with Crippen molar-refractivity contribution in [1.29, 1.82) is 0 Å². The van der Waals surface area contributed by atoms with Crippen LogP contribution in [0.1, 0.15) is 63.4 Å². The van der Waals surface area contributed by atoms with E-state index in [1.807, 2.05) is 0 Å².